The first-order valence-corrected chi connectivity index (χ1v) is 9.55. The zero-order valence-electron chi connectivity index (χ0n) is 14.2. The van der Waals surface area contributed by atoms with Gasteiger partial charge in [0.2, 0.25) is 0 Å². The van der Waals surface area contributed by atoms with Crippen LogP contribution < -0.4 is 4.74 Å². The molecular weight excluding hydrogens is 346 g/mol. The molecule has 0 radical (unpaired) electrons. The van der Waals surface area contributed by atoms with Gasteiger partial charge in [-0.3, -0.25) is 4.98 Å². The second kappa shape index (κ2) is 7.66. The topological polar surface area (TPSA) is 55.3 Å². The average molecular weight is 365 g/mol. The van der Waals surface area contributed by atoms with Crippen LogP contribution in [0, 0.1) is 0 Å². The zero-order valence-corrected chi connectivity index (χ0v) is 15.1. The lowest BCUT2D eigenvalue weighted by molar-refractivity contribution is 0.138. The van der Waals surface area contributed by atoms with Crippen molar-refractivity contribution in [1.29, 1.82) is 0 Å². The van der Waals surface area contributed by atoms with E-state index >= 15 is 0 Å². The van der Waals surface area contributed by atoms with E-state index in [1.54, 1.807) is 40.8 Å². The number of benzene rings is 1. The fourth-order valence-corrected chi connectivity index (χ4v) is 4.10. The second-order valence-electron chi connectivity index (χ2n) is 6.26. The molecule has 4 rings (SSSR count). The maximum absolute atomic E-state index is 12.3. The number of nitrogens with zero attached hydrogens (tertiary/aromatic N) is 3. The van der Waals surface area contributed by atoms with Crippen molar-refractivity contribution in [2.24, 2.45) is 0 Å². The van der Waals surface area contributed by atoms with E-state index in [-0.39, 0.29) is 6.09 Å². The SMILES string of the molecule is O=C(Oc1cccnc1)N1CCC(c2nc(-c3ccccc3)cs2)CC1. The molecule has 0 aliphatic carbocycles. The highest BCUT2D eigenvalue weighted by Crippen LogP contribution is 2.33. The first kappa shape index (κ1) is 16.7. The van der Waals surface area contributed by atoms with Crippen LogP contribution in [0.15, 0.2) is 60.2 Å². The van der Waals surface area contributed by atoms with Gasteiger partial charge in [-0.1, -0.05) is 30.3 Å². The molecule has 132 valence electrons. The summed E-state index contributed by atoms with van der Waals surface area (Å²) in [6.07, 6.45) is 4.71. The number of likely N-dealkylation sites (tertiary alicyclic amines) is 1. The lowest BCUT2D eigenvalue weighted by Gasteiger charge is -2.30. The molecular formula is C20H19N3O2S. The van der Waals surface area contributed by atoms with Crippen LogP contribution in [0.3, 0.4) is 0 Å². The van der Waals surface area contributed by atoms with Gasteiger partial charge in [0.25, 0.3) is 0 Å². The van der Waals surface area contributed by atoms with E-state index in [2.05, 4.69) is 22.5 Å². The molecule has 1 aliphatic rings. The minimum Gasteiger partial charge on any atom is -0.409 e. The summed E-state index contributed by atoms with van der Waals surface area (Å²) in [5, 5.41) is 3.28. The smallest absolute Gasteiger partial charge is 0.409 e. The monoisotopic (exact) mass is 365 g/mol. The van der Waals surface area contributed by atoms with Gasteiger partial charge in [-0.15, -0.1) is 11.3 Å². The Morgan fingerprint density at radius 1 is 1.12 bits per heavy atom. The third-order valence-electron chi connectivity index (χ3n) is 4.53. The fourth-order valence-electron chi connectivity index (χ4n) is 3.10. The summed E-state index contributed by atoms with van der Waals surface area (Å²) in [5.74, 6) is 0.881. The van der Waals surface area contributed by atoms with Crippen molar-refractivity contribution in [3.63, 3.8) is 0 Å². The lowest BCUT2D eigenvalue weighted by Crippen LogP contribution is -2.39. The van der Waals surface area contributed by atoms with E-state index in [1.807, 2.05) is 18.2 Å². The van der Waals surface area contributed by atoms with E-state index < -0.39 is 0 Å². The Morgan fingerprint density at radius 3 is 2.65 bits per heavy atom. The van der Waals surface area contributed by atoms with Crippen molar-refractivity contribution >= 4 is 17.4 Å². The Balaban J connectivity index is 1.35. The van der Waals surface area contributed by atoms with Crippen LogP contribution >= 0.6 is 11.3 Å². The quantitative estimate of drug-likeness (QED) is 0.681. The number of carbonyl (C=O) groups excluding carboxylic acids is 1. The standard InChI is InChI=1S/C20H19N3O2S/c24-20(25-17-7-4-10-21-13-17)23-11-8-16(9-12-23)19-22-18(14-26-19)15-5-2-1-3-6-15/h1-7,10,13-14,16H,8-9,11-12H2. The molecule has 3 heterocycles. The van der Waals surface area contributed by atoms with Gasteiger partial charge in [0, 0.05) is 36.1 Å². The number of thiazole rings is 1. The Hall–Kier alpha value is -2.73. The Bertz CT molecular complexity index is 859. The molecule has 3 aromatic rings. The van der Waals surface area contributed by atoms with Crippen molar-refractivity contribution < 1.29 is 9.53 Å². The van der Waals surface area contributed by atoms with Crippen LogP contribution in [-0.4, -0.2) is 34.1 Å². The molecule has 0 saturated carbocycles. The minimum absolute atomic E-state index is 0.305. The zero-order chi connectivity index (χ0) is 17.8. The number of rotatable bonds is 3. The Morgan fingerprint density at radius 2 is 1.92 bits per heavy atom. The number of hydrogen-bond donors (Lipinski definition) is 0. The van der Waals surface area contributed by atoms with Gasteiger partial charge >= 0.3 is 6.09 Å². The predicted octanol–water partition coefficient (Wildman–Crippen LogP) is 4.58. The molecule has 0 N–H and O–H groups in total. The average Bonchev–Trinajstić information content (AvgIpc) is 3.20. The maximum atomic E-state index is 12.3. The number of piperidine rings is 1. The van der Waals surface area contributed by atoms with Crippen molar-refractivity contribution in [3.8, 4) is 17.0 Å². The molecule has 1 aliphatic heterocycles. The molecule has 0 atom stereocenters. The Labute approximate surface area is 156 Å². The number of carbonyl (C=O) groups is 1. The van der Waals surface area contributed by atoms with Crippen molar-refractivity contribution in [2.75, 3.05) is 13.1 Å². The highest BCUT2D eigenvalue weighted by atomic mass is 32.1. The van der Waals surface area contributed by atoms with E-state index in [0.717, 1.165) is 29.1 Å². The van der Waals surface area contributed by atoms with Crippen LogP contribution in [-0.2, 0) is 0 Å². The normalized spacial score (nSPS) is 15.0. The van der Waals surface area contributed by atoms with E-state index in [0.29, 0.717) is 24.8 Å². The summed E-state index contributed by atoms with van der Waals surface area (Å²) >= 11 is 1.71. The molecule has 2 aromatic heterocycles. The number of ether oxygens (including phenoxy) is 1. The molecule has 0 bridgehead atoms. The van der Waals surface area contributed by atoms with Gasteiger partial charge in [0.1, 0.15) is 0 Å². The van der Waals surface area contributed by atoms with Gasteiger partial charge in [-0.25, -0.2) is 9.78 Å². The van der Waals surface area contributed by atoms with Crippen molar-refractivity contribution in [2.45, 2.75) is 18.8 Å². The summed E-state index contributed by atoms with van der Waals surface area (Å²) in [5.41, 5.74) is 2.18. The van der Waals surface area contributed by atoms with Crippen molar-refractivity contribution in [3.05, 3.63) is 65.2 Å². The molecule has 5 nitrogen and oxygen atoms in total. The molecule has 0 unspecified atom stereocenters. The van der Waals surface area contributed by atoms with Crippen LogP contribution in [0.2, 0.25) is 0 Å². The van der Waals surface area contributed by atoms with E-state index in [9.17, 15) is 4.79 Å². The van der Waals surface area contributed by atoms with Crippen LogP contribution in [0.25, 0.3) is 11.3 Å². The predicted molar refractivity (Wildman–Crippen MR) is 101 cm³/mol. The Kier molecular flexibility index (Phi) is 4.93. The lowest BCUT2D eigenvalue weighted by atomic mass is 9.98. The number of amides is 1. The minimum atomic E-state index is -0.305. The summed E-state index contributed by atoms with van der Waals surface area (Å²) < 4.78 is 5.37. The van der Waals surface area contributed by atoms with Gasteiger partial charge in [0.15, 0.2) is 5.75 Å². The van der Waals surface area contributed by atoms with Gasteiger partial charge < -0.3 is 9.64 Å². The number of pyridine rings is 1. The maximum Gasteiger partial charge on any atom is 0.415 e. The first-order chi connectivity index (χ1) is 12.8. The largest absolute Gasteiger partial charge is 0.415 e. The summed E-state index contributed by atoms with van der Waals surface area (Å²) in [7, 11) is 0. The number of hydrogen-bond acceptors (Lipinski definition) is 5. The molecule has 1 amide bonds. The molecule has 0 spiro atoms. The summed E-state index contributed by atoms with van der Waals surface area (Å²) in [6.45, 7) is 1.37. The van der Waals surface area contributed by atoms with Crippen LogP contribution in [0.1, 0.15) is 23.8 Å². The molecule has 1 fully saturated rings. The first-order valence-electron chi connectivity index (χ1n) is 8.67. The third-order valence-corrected chi connectivity index (χ3v) is 5.54. The third kappa shape index (κ3) is 3.75. The molecule has 1 saturated heterocycles. The van der Waals surface area contributed by atoms with E-state index in [4.69, 9.17) is 9.72 Å². The molecule has 26 heavy (non-hydrogen) atoms. The highest BCUT2D eigenvalue weighted by molar-refractivity contribution is 7.10. The molecule has 6 heteroatoms. The van der Waals surface area contributed by atoms with Crippen LogP contribution in [0.5, 0.6) is 5.75 Å². The van der Waals surface area contributed by atoms with Crippen molar-refractivity contribution in [1.82, 2.24) is 14.9 Å². The van der Waals surface area contributed by atoms with E-state index in [1.165, 1.54) is 0 Å². The van der Waals surface area contributed by atoms with Gasteiger partial charge in [-0.2, -0.15) is 0 Å². The highest BCUT2D eigenvalue weighted by Gasteiger charge is 2.26. The summed E-state index contributed by atoms with van der Waals surface area (Å²) in [4.78, 5) is 22.8. The number of aromatic nitrogens is 2. The molecule has 1 aromatic carbocycles. The second-order valence-corrected chi connectivity index (χ2v) is 7.14. The summed E-state index contributed by atoms with van der Waals surface area (Å²) in [6, 6.07) is 13.7. The fraction of sp³-hybridized carbons (Fsp3) is 0.250. The van der Waals surface area contributed by atoms with Gasteiger partial charge in [0.05, 0.1) is 16.9 Å². The van der Waals surface area contributed by atoms with Crippen LogP contribution in [0.4, 0.5) is 4.79 Å². The van der Waals surface area contributed by atoms with Gasteiger partial charge in [-0.05, 0) is 25.0 Å².